The standard InChI is InChI=1S/C15H24N2O/c1-11(17-14-8-7-13(16)10-14)9-12-5-3-4-6-15(12)18-2/h3-6,11,13-14,17H,7-10,16H2,1-2H3. The van der Waals surface area contributed by atoms with Crippen molar-refractivity contribution in [2.75, 3.05) is 7.11 Å². The highest BCUT2D eigenvalue weighted by molar-refractivity contribution is 5.33. The number of benzene rings is 1. The monoisotopic (exact) mass is 248 g/mol. The van der Waals surface area contributed by atoms with Crippen molar-refractivity contribution in [2.45, 2.75) is 50.7 Å². The molecular formula is C15H24N2O. The summed E-state index contributed by atoms with van der Waals surface area (Å²) in [6.45, 7) is 2.23. The molecule has 3 atom stereocenters. The molecule has 3 unspecified atom stereocenters. The molecule has 3 nitrogen and oxygen atoms in total. The molecule has 0 radical (unpaired) electrons. The van der Waals surface area contributed by atoms with Gasteiger partial charge in [0.15, 0.2) is 0 Å². The highest BCUT2D eigenvalue weighted by Gasteiger charge is 2.22. The molecule has 1 fully saturated rings. The summed E-state index contributed by atoms with van der Waals surface area (Å²) < 4.78 is 5.39. The minimum Gasteiger partial charge on any atom is -0.496 e. The van der Waals surface area contributed by atoms with Crippen LogP contribution in [0.15, 0.2) is 24.3 Å². The van der Waals surface area contributed by atoms with Crippen molar-refractivity contribution in [3.63, 3.8) is 0 Å². The fourth-order valence-corrected chi connectivity index (χ4v) is 2.83. The van der Waals surface area contributed by atoms with Gasteiger partial charge in [0.05, 0.1) is 7.11 Å². The van der Waals surface area contributed by atoms with Gasteiger partial charge in [-0.15, -0.1) is 0 Å². The molecule has 100 valence electrons. The van der Waals surface area contributed by atoms with E-state index in [4.69, 9.17) is 10.5 Å². The summed E-state index contributed by atoms with van der Waals surface area (Å²) in [4.78, 5) is 0. The van der Waals surface area contributed by atoms with E-state index in [1.807, 2.05) is 12.1 Å². The number of para-hydroxylation sites is 1. The van der Waals surface area contributed by atoms with Gasteiger partial charge in [0, 0.05) is 18.1 Å². The largest absolute Gasteiger partial charge is 0.496 e. The Morgan fingerprint density at radius 2 is 2.17 bits per heavy atom. The van der Waals surface area contributed by atoms with E-state index in [2.05, 4.69) is 24.4 Å². The van der Waals surface area contributed by atoms with Crippen molar-refractivity contribution in [3.8, 4) is 5.75 Å². The van der Waals surface area contributed by atoms with E-state index in [9.17, 15) is 0 Å². The van der Waals surface area contributed by atoms with Gasteiger partial charge in [-0.25, -0.2) is 0 Å². The van der Waals surface area contributed by atoms with Gasteiger partial charge in [-0.3, -0.25) is 0 Å². The molecule has 1 aromatic rings. The number of ether oxygens (including phenoxy) is 1. The Morgan fingerprint density at radius 1 is 1.39 bits per heavy atom. The Hall–Kier alpha value is -1.06. The quantitative estimate of drug-likeness (QED) is 0.839. The number of methoxy groups -OCH3 is 1. The molecule has 0 bridgehead atoms. The third-order valence-electron chi connectivity index (χ3n) is 3.71. The molecule has 0 saturated heterocycles. The third-order valence-corrected chi connectivity index (χ3v) is 3.71. The predicted molar refractivity (Wildman–Crippen MR) is 74.9 cm³/mol. The van der Waals surface area contributed by atoms with Crippen LogP contribution in [0.5, 0.6) is 5.75 Å². The number of hydrogen-bond donors (Lipinski definition) is 2. The van der Waals surface area contributed by atoms with Gasteiger partial charge < -0.3 is 15.8 Å². The lowest BCUT2D eigenvalue weighted by Gasteiger charge is -2.20. The van der Waals surface area contributed by atoms with Crippen LogP contribution < -0.4 is 15.8 Å². The molecule has 0 aliphatic heterocycles. The summed E-state index contributed by atoms with van der Waals surface area (Å²) in [7, 11) is 1.73. The minimum atomic E-state index is 0.390. The van der Waals surface area contributed by atoms with E-state index >= 15 is 0 Å². The molecule has 3 N–H and O–H groups in total. The Morgan fingerprint density at radius 3 is 2.83 bits per heavy atom. The fraction of sp³-hybridized carbons (Fsp3) is 0.600. The zero-order valence-corrected chi connectivity index (χ0v) is 11.4. The fourth-order valence-electron chi connectivity index (χ4n) is 2.83. The van der Waals surface area contributed by atoms with Gasteiger partial charge in [-0.05, 0) is 44.2 Å². The third kappa shape index (κ3) is 3.47. The first-order chi connectivity index (χ1) is 8.69. The molecule has 1 aromatic carbocycles. The average Bonchev–Trinajstić information content (AvgIpc) is 2.75. The molecule has 0 heterocycles. The van der Waals surface area contributed by atoms with E-state index in [1.165, 1.54) is 12.0 Å². The summed E-state index contributed by atoms with van der Waals surface area (Å²) in [5.41, 5.74) is 7.21. The van der Waals surface area contributed by atoms with E-state index in [0.717, 1.165) is 25.0 Å². The zero-order chi connectivity index (χ0) is 13.0. The molecule has 1 saturated carbocycles. The highest BCUT2D eigenvalue weighted by Crippen LogP contribution is 2.21. The lowest BCUT2D eigenvalue weighted by molar-refractivity contribution is 0.400. The molecule has 0 aromatic heterocycles. The van der Waals surface area contributed by atoms with Crippen LogP contribution in [0.3, 0.4) is 0 Å². The van der Waals surface area contributed by atoms with Crippen molar-refractivity contribution < 1.29 is 4.74 Å². The number of nitrogens with two attached hydrogens (primary N) is 1. The molecular weight excluding hydrogens is 224 g/mol. The number of rotatable bonds is 5. The first-order valence-corrected chi connectivity index (χ1v) is 6.82. The summed E-state index contributed by atoms with van der Waals surface area (Å²) >= 11 is 0. The van der Waals surface area contributed by atoms with Gasteiger partial charge in [-0.1, -0.05) is 18.2 Å². The first-order valence-electron chi connectivity index (χ1n) is 6.82. The molecule has 0 amide bonds. The normalized spacial score (nSPS) is 25.1. The van der Waals surface area contributed by atoms with Crippen LogP contribution in [0, 0.1) is 0 Å². The summed E-state index contributed by atoms with van der Waals surface area (Å²) in [6, 6.07) is 9.67. The van der Waals surface area contributed by atoms with E-state index in [1.54, 1.807) is 7.11 Å². The SMILES string of the molecule is COc1ccccc1CC(C)NC1CCC(N)C1. The van der Waals surface area contributed by atoms with Crippen LogP contribution in [-0.2, 0) is 6.42 Å². The van der Waals surface area contributed by atoms with Crippen molar-refractivity contribution in [2.24, 2.45) is 5.73 Å². The van der Waals surface area contributed by atoms with Crippen molar-refractivity contribution >= 4 is 0 Å². The lowest BCUT2D eigenvalue weighted by Crippen LogP contribution is -2.37. The maximum atomic E-state index is 5.94. The van der Waals surface area contributed by atoms with Gasteiger partial charge in [0.25, 0.3) is 0 Å². The van der Waals surface area contributed by atoms with Gasteiger partial charge in [0.2, 0.25) is 0 Å². The maximum Gasteiger partial charge on any atom is 0.122 e. The van der Waals surface area contributed by atoms with Crippen LogP contribution in [0.1, 0.15) is 31.7 Å². The Kier molecular flexibility index (Phi) is 4.61. The van der Waals surface area contributed by atoms with Crippen molar-refractivity contribution in [3.05, 3.63) is 29.8 Å². The van der Waals surface area contributed by atoms with E-state index in [0.29, 0.717) is 18.1 Å². The maximum absolute atomic E-state index is 5.94. The lowest BCUT2D eigenvalue weighted by atomic mass is 10.0. The van der Waals surface area contributed by atoms with Gasteiger partial charge in [0.1, 0.15) is 5.75 Å². The van der Waals surface area contributed by atoms with Crippen LogP contribution in [0.2, 0.25) is 0 Å². The second-order valence-electron chi connectivity index (χ2n) is 5.35. The van der Waals surface area contributed by atoms with Crippen molar-refractivity contribution in [1.82, 2.24) is 5.32 Å². The molecule has 2 rings (SSSR count). The molecule has 3 heteroatoms. The second-order valence-corrected chi connectivity index (χ2v) is 5.35. The average molecular weight is 248 g/mol. The van der Waals surface area contributed by atoms with E-state index < -0.39 is 0 Å². The Balaban J connectivity index is 1.88. The molecule has 1 aliphatic rings. The van der Waals surface area contributed by atoms with Gasteiger partial charge >= 0.3 is 0 Å². The van der Waals surface area contributed by atoms with E-state index in [-0.39, 0.29) is 0 Å². The molecule has 18 heavy (non-hydrogen) atoms. The van der Waals surface area contributed by atoms with Gasteiger partial charge in [-0.2, -0.15) is 0 Å². The number of hydrogen-bond acceptors (Lipinski definition) is 3. The smallest absolute Gasteiger partial charge is 0.122 e. The van der Waals surface area contributed by atoms with Crippen LogP contribution in [0.4, 0.5) is 0 Å². The molecule has 0 spiro atoms. The predicted octanol–water partition coefficient (Wildman–Crippen LogP) is 2.10. The molecule has 1 aliphatic carbocycles. The van der Waals surface area contributed by atoms with Crippen molar-refractivity contribution in [1.29, 1.82) is 0 Å². The zero-order valence-electron chi connectivity index (χ0n) is 11.4. The minimum absolute atomic E-state index is 0.390. The Bertz CT molecular complexity index is 381. The summed E-state index contributed by atoms with van der Waals surface area (Å²) in [6.07, 6.45) is 4.46. The van der Waals surface area contributed by atoms with Crippen LogP contribution >= 0.6 is 0 Å². The van der Waals surface area contributed by atoms with Crippen LogP contribution in [-0.4, -0.2) is 25.2 Å². The Labute approximate surface area is 110 Å². The summed E-state index contributed by atoms with van der Waals surface area (Å²) in [5, 5.41) is 3.67. The first kappa shape index (κ1) is 13.4. The van der Waals surface area contributed by atoms with Crippen LogP contribution in [0.25, 0.3) is 0 Å². The topological polar surface area (TPSA) is 47.3 Å². The summed E-state index contributed by atoms with van der Waals surface area (Å²) in [5.74, 6) is 0.981. The second kappa shape index (κ2) is 6.21. The number of nitrogens with one attached hydrogen (secondary N) is 1. The highest BCUT2D eigenvalue weighted by atomic mass is 16.5.